The first-order valence-corrected chi connectivity index (χ1v) is 5.23. The lowest BCUT2D eigenvalue weighted by Crippen LogP contribution is -2.38. The minimum absolute atomic E-state index is 0.0665. The zero-order valence-electron chi connectivity index (χ0n) is 10.0. The standard InChI is InChI=1S/C10H19N5O/c1-14(2)10(16)12-5-4-11-6-9-7-13-15(3)8-9/h7-8,11H,4-6H2,1-3H3,(H,12,16). The van der Waals surface area contributed by atoms with Crippen molar-refractivity contribution >= 4 is 6.03 Å². The van der Waals surface area contributed by atoms with Gasteiger partial charge >= 0.3 is 6.03 Å². The van der Waals surface area contributed by atoms with Gasteiger partial charge in [-0.2, -0.15) is 5.10 Å². The predicted molar refractivity (Wildman–Crippen MR) is 62.0 cm³/mol. The fraction of sp³-hybridized carbons (Fsp3) is 0.600. The molecule has 16 heavy (non-hydrogen) atoms. The van der Waals surface area contributed by atoms with Crippen molar-refractivity contribution in [3.63, 3.8) is 0 Å². The van der Waals surface area contributed by atoms with Gasteiger partial charge in [-0.05, 0) is 0 Å². The van der Waals surface area contributed by atoms with E-state index in [1.54, 1.807) is 18.8 Å². The number of amides is 2. The highest BCUT2D eigenvalue weighted by molar-refractivity contribution is 5.73. The Bertz CT molecular complexity index is 334. The van der Waals surface area contributed by atoms with Crippen molar-refractivity contribution in [3.05, 3.63) is 18.0 Å². The molecule has 0 atom stereocenters. The van der Waals surface area contributed by atoms with Crippen molar-refractivity contribution in [1.82, 2.24) is 25.3 Å². The second-order valence-corrected chi connectivity index (χ2v) is 3.83. The Morgan fingerprint density at radius 3 is 2.81 bits per heavy atom. The van der Waals surface area contributed by atoms with Gasteiger partial charge in [0.25, 0.3) is 0 Å². The molecule has 0 radical (unpaired) electrons. The van der Waals surface area contributed by atoms with Crippen LogP contribution in [0.3, 0.4) is 0 Å². The van der Waals surface area contributed by atoms with Crippen LogP contribution < -0.4 is 10.6 Å². The van der Waals surface area contributed by atoms with Crippen LogP contribution in [-0.4, -0.2) is 47.9 Å². The van der Waals surface area contributed by atoms with Gasteiger partial charge in [0, 0.05) is 52.5 Å². The van der Waals surface area contributed by atoms with Gasteiger partial charge in [0.05, 0.1) is 6.20 Å². The molecule has 0 unspecified atom stereocenters. The van der Waals surface area contributed by atoms with Crippen molar-refractivity contribution in [2.45, 2.75) is 6.54 Å². The van der Waals surface area contributed by atoms with Gasteiger partial charge in [-0.3, -0.25) is 4.68 Å². The molecule has 0 saturated heterocycles. The van der Waals surface area contributed by atoms with E-state index in [0.29, 0.717) is 6.54 Å². The Morgan fingerprint density at radius 2 is 2.25 bits per heavy atom. The summed E-state index contributed by atoms with van der Waals surface area (Å²) in [5.41, 5.74) is 1.14. The number of rotatable bonds is 5. The molecule has 0 spiro atoms. The summed E-state index contributed by atoms with van der Waals surface area (Å²) in [6, 6.07) is -0.0665. The summed E-state index contributed by atoms with van der Waals surface area (Å²) in [4.78, 5) is 12.7. The lowest BCUT2D eigenvalue weighted by molar-refractivity contribution is 0.217. The maximum absolute atomic E-state index is 11.2. The molecule has 0 aliphatic carbocycles. The molecule has 0 aliphatic rings. The number of aromatic nitrogens is 2. The molecule has 2 N–H and O–H groups in total. The predicted octanol–water partition coefficient (Wildman–Crippen LogP) is -0.219. The first kappa shape index (κ1) is 12.5. The summed E-state index contributed by atoms with van der Waals surface area (Å²) >= 11 is 0. The highest BCUT2D eigenvalue weighted by Gasteiger charge is 2.00. The van der Waals surface area contributed by atoms with Crippen molar-refractivity contribution in [2.75, 3.05) is 27.2 Å². The molecule has 2 amide bonds. The van der Waals surface area contributed by atoms with Crippen molar-refractivity contribution in [3.8, 4) is 0 Å². The van der Waals surface area contributed by atoms with Gasteiger partial charge in [0.1, 0.15) is 0 Å². The molecule has 0 bridgehead atoms. The van der Waals surface area contributed by atoms with Gasteiger partial charge in [0.2, 0.25) is 0 Å². The second-order valence-electron chi connectivity index (χ2n) is 3.83. The molecule has 90 valence electrons. The number of aryl methyl sites for hydroxylation is 1. The molecular weight excluding hydrogens is 206 g/mol. The second kappa shape index (κ2) is 6.12. The van der Waals surface area contributed by atoms with E-state index in [4.69, 9.17) is 0 Å². The number of carbonyl (C=O) groups is 1. The van der Waals surface area contributed by atoms with Gasteiger partial charge in [0.15, 0.2) is 0 Å². The zero-order chi connectivity index (χ0) is 12.0. The highest BCUT2D eigenvalue weighted by Crippen LogP contribution is 1.93. The Morgan fingerprint density at radius 1 is 1.50 bits per heavy atom. The average molecular weight is 225 g/mol. The number of hydrogen-bond donors (Lipinski definition) is 2. The number of nitrogens with zero attached hydrogens (tertiary/aromatic N) is 3. The summed E-state index contributed by atoms with van der Waals surface area (Å²) in [6.45, 7) is 2.14. The fourth-order valence-electron chi connectivity index (χ4n) is 1.21. The molecule has 0 aromatic carbocycles. The number of urea groups is 1. The monoisotopic (exact) mass is 225 g/mol. The number of nitrogens with one attached hydrogen (secondary N) is 2. The fourth-order valence-corrected chi connectivity index (χ4v) is 1.21. The molecule has 1 aromatic rings. The van der Waals surface area contributed by atoms with Crippen LogP contribution in [0.25, 0.3) is 0 Å². The smallest absolute Gasteiger partial charge is 0.316 e. The molecule has 6 nitrogen and oxygen atoms in total. The van der Waals surface area contributed by atoms with E-state index in [2.05, 4.69) is 15.7 Å². The SMILES string of the molecule is CN(C)C(=O)NCCNCc1cnn(C)c1. The van der Waals surface area contributed by atoms with Crippen LogP contribution in [0.5, 0.6) is 0 Å². The van der Waals surface area contributed by atoms with E-state index in [-0.39, 0.29) is 6.03 Å². The molecule has 1 rings (SSSR count). The van der Waals surface area contributed by atoms with E-state index in [0.717, 1.165) is 18.7 Å². The third-order valence-corrected chi connectivity index (χ3v) is 2.07. The van der Waals surface area contributed by atoms with Crippen LogP contribution in [0.2, 0.25) is 0 Å². The maximum Gasteiger partial charge on any atom is 0.316 e. The molecule has 1 aromatic heterocycles. The molecule has 0 aliphatic heterocycles. The highest BCUT2D eigenvalue weighted by atomic mass is 16.2. The maximum atomic E-state index is 11.2. The molecular formula is C10H19N5O. The van der Waals surface area contributed by atoms with Crippen LogP contribution in [0.1, 0.15) is 5.56 Å². The van der Waals surface area contributed by atoms with Crippen LogP contribution in [0.15, 0.2) is 12.4 Å². The number of hydrogen-bond acceptors (Lipinski definition) is 3. The largest absolute Gasteiger partial charge is 0.337 e. The van der Waals surface area contributed by atoms with Crippen LogP contribution in [-0.2, 0) is 13.6 Å². The Kier molecular flexibility index (Phi) is 4.78. The van der Waals surface area contributed by atoms with Gasteiger partial charge < -0.3 is 15.5 Å². The molecule has 0 fully saturated rings. The first-order chi connectivity index (χ1) is 7.59. The Labute approximate surface area is 95.6 Å². The van der Waals surface area contributed by atoms with Gasteiger partial charge in [-0.25, -0.2) is 4.79 Å². The van der Waals surface area contributed by atoms with Crippen LogP contribution in [0.4, 0.5) is 4.79 Å². The van der Waals surface area contributed by atoms with E-state index in [1.165, 1.54) is 4.90 Å². The lowest BCUT2D eigenvalue weighted by atomic mass is 10.3. The molecule has 6 heteroatoms. The van der Waals surface area contributed by atoms with Crippen molar-refractivity contribution in [1.29, 1.82) is 0 Å². The average Bonchev–Trinajstić information content (AvgIpc) is 2.63. The summed E-state index contributed by atoms with van der Waals surface area (Å²) in [7, 11) is 5.33. The van der Waals surface area contributed by atoms with Crippen molar-refractivity contribution in [2.24, 2.45) is 7.05 Å². The third kappa shape index (κ3) is 4.31. The summed E-state index contributed by atoms with van der Waals surface area (Å²) in [5.74, 6) is 0. The molecule has 1 heterocycles. The third-order valence-electron chi connectivity index (χ3n) is 2.07. The quantitative estimate of drug-likeness (QED) is 0.681. The lowest BCUT2D eigenvalue weighted by Gasteiger charge is -2.11. The minimum Gasteiger partial charge on any atom is -0.337 e. The van der Waals surface area contributed by atoms with E-state index >= 15 is 0 Å². The number of carbonyl (C=O) groups excluding carboxylic acids is 1. The zero-order valence-corrected chi connectivity index (χ0v) is 10.0. The van der Waals surface area contributed by atoms with Crippen LogP contribution in [0, 0.1) is 0 Å². The Hall–Kier alpha value is -1.56. The minimum atomic E-state index is -0.0665. The first-order valence-electron chi connectivity index (χ1n) is 5.23. The van der Waals surface area contributed by atoms with E-state index in [9.17, 15) is 4.79 Å². The van der Waals surface area contributed by atoms with Crippen LogP contribution >= 0.6 is 0 Å². The van der Waals surface area contributed by atoms with Gasteiger partial charge in [-0.1, -0.05) is 0 Å². The molecule has 0 saturated carbocycles. The summed E-state index contributed by atoms with van der Waals surface area (Å²) in [5, 5.41) is 10.1. The van der Waals surface area contributed by atoms with E-state index < -0.39 is 0 Å². The van der Waals surface area contributed by atoms with E-state index in [1.807, 2.05) is 19.4 Å². The Balaban J connectivity index is 2.06. The van der Waals surface area contributed by atoms with Gasteiger partial charge in [-0.15, -0.1) is 0 Å². The normalized spacial score (nSPS) is 10.2. The topological polar surface area (TPSA) is 62.2 Å². The van der Waals surface area contributed by atoms with Crippen molar-refractivity contribution < 1.29 is 4.79 Å². The summed E-state index contributed by atoms with van der Waals surface area (Å²) < 4.78 is 1.77. The summed E-state index contributed by atoms with van der Waals surface area (Å²) in [6.07, 6.45) is 3.79.